The number of amides is 1. The molecule has 146 valence electrons. The number of benzene rings is 2. The predicted octanol–water partition coefficient (Wildman–Crippen LogP) is 4.28. The summed E-state index contributed by atoms with van der Waals surface area (Å²) in [5, 5.41) is 10.2. The Bertz CT molecular complexity index is 1010. The van der Waals surface area contributed by atoms with Crippen molar-refractivity contribution >= 4 is 16.9 Å². The number of likely N-dealkylation sites (tertiary alicyclic amines) is 1. The Labute approximate surface area is 165 Å². The molecule has 1 aromatic heterocycles. The van der Waals surface area contributed by atoms with Crippen LogP contribution in [0.3, 0.4) is 0 Å². The van der Waals surface area contributed by atoms with Crippen molar-refractivity contribution in [2.24, 2.45) is 5.92 Å². The predicted molar refractivity (Wildman–Crippen MR) is 111 cm³/mol. The van der Waals surface area contributed by atoms with Crippen LogP contribution in [0.2, 0.25) is 0 Å². The summed E-state index contributed by atoms with van der Waals surface area (Å²) in [6, 6.07) is 12.3. The molecule has 2 heterocycles. The summed E-state index contributed by atoms with van der Waals surface area (Å²) in [5.74, 6) is 1.98. The van der Waals surface area contributed by atoms with Crippen molar-refractivity contribution in [2.75, 3.05) is 13.1 Å². The molecule has 0 unspecified atom stereocenters. The molecule has 1 amide bonds. The van der Waals surface area contributed by atoms with Gasteiger partial charge in [-0.2, -0.15) is 0 Å². The summed E-state index contributed by atoms with van der Waals surface area (Å²) in [6.45, 7) is 8.06. The van der Waals surface area contributed by atoms with Gasteiger partial charge in [-0.1, -0.05) is 12.1 Å². The third-order valence-corrected chi connectivity index (χ3v) is 5.90. The minimum Gasteiger partial charge on any atom is -0.507 e. The maximum Gasteiger partial charge on any atom is 0.219 e. The number of nitrogens with zero attached hydrogens (tertiary/aromatic N) is 3. The summed E-state index contributed by atoms with van der Waals surface area (Å²) in [5.41, 5.74) is 4.88. The van der Waals surface area contributed by atoms with Crippen molar-refractivity contribution in [3.63, 3.8) is 0 Å². The minimum atomic E-state index is 0.169. The van der Waals surface area contributed by atoms with Crippen molar-refractivity contribution in [1.29, 1.82) is 0 Å². The van der Waals surface area contributed by atoms with Crippen molar-refractivity contribution in [2.45, 2.75) is 40.2 Å². The number of carbonyl (C=O) groups excluding carboxylic acids is 1. The van der Waals surface area contributed by atoms with Gasteiger partial charge in [-0.25, -0.2) is 4.98 Å². The molecule has 1 aliphatic rings. The molecular weight excluding hydrogens is 350 g/mol. The van der Waals surface area contributed by atoms with Crippen molar-refractivity contribution in [1.82, 2.24) is 14.5 Å². The number of piperidine rings is 1. The van der Waals surface area contributed by atoms with Crippen LogP contribution in [0.4, 0.5) is 0 Å². The van der Waals surface area contributed by atoms with Crippen molar-refractivity contribution in [3.05, 3.63) is 47.5 Å². The van der Waals surface area contributed by atoms with Crippen LogP contribution in [0.25, 0.3) is 22.4 Å². The molecule has 0 spiro atoms. The molecule has 0 atom stereocenters. The summed E-state index contributed by atoms with van der Waals surface area (Å²) >= 11 is 0. The first-order chi connectivity index (χ1) is 13.4. The van der Waals surface area contributed by atoms with Crippen LogP contribution in [0.1, 0.15) is 30.9 Å². The third kappa shape index (κ3) is 3.37. The smallest absolute Gasteiger partial charge is 0.219 e. The van der Waals surface area contributed by atoms with Gasteiger partial charge in [-0.3, -0.25) is 4.79 Å². The zero-order valence-electron chi connectivity index (χ0n) is 16.8. The Hall–Kier alpha value is -2.82. The lowest BCUT2D eigenvalue weighted by Gasteiger charge is -2.31. The molecule has 1 N–H and O–H groups in total. The fourth-order valence-electron chi connectivity index (χ4n) is 4.25. The van der Waals surface area contributed by atoms with Gasteiger partial charge in [0.05, 0.1) is 11.0 Å². The van der Waals surface area contributed by atoms with Gasteiger partial charge in [0.25, 0.3) is 0 Å². The highest BCUT2D eigenvalue weighted by Gasteiger charge is 2.23. The normalized spacial score (nSPS) is 15.3. The van der Waals surface area contributed by atoms with E-state index in [4.69, 9.17) is 4.98 Å². The molecule has 2 aromatic carbocycles. The lowest BCUT2D eigenvalue weighted by Crippen LogP contribution is -2.38. The largest absolute Gasteiger partial charge is 0.507 e. The molecule has 4 rings (SSSR count). The van der Waals surface area contributed by atoms with Crippen LogP contribution in [0, 0.1) is 19.8 Å². The molecule has 0 radical (unpaired) electrons. The van der Waals surface area contributed by atoms with E-state index >= 15 is 0 Å². The van der Waals surface area contributed by atoms with Gasteiger partial charge in [0.2, 0.25) is 5.91 Å². The first-order valence-electron chi connectivity index (χ1n) is 9.95. The average Bonchev–Trinajstić information content (AvgIpc) is 3.05. The second kappa shape index (κ2) is 7.30. The maximum atomic E-state index is 11.6. The monoisotopic (exact) mass is 377 g/mol. The molecule has 1 saturated heterocycles. The number of fused-ring (bicyclic) bond motifs is 1. The number of phenolic OH excluding ortho intramolecular Hbond substituents is 1. The molecule has 0 aliphatic carbocycles. The van der Waals surface area contributed by atoms with E-state index < -0.39 is 0 Å². The quantitative estimate of drug-likeness (QED) is 0.741. The van der Waals surface area contributed by atoms with Crippen LogP contribution in [-0.2, 0) is 11.3 Å². The number of para-hydroxylation sites is 2. The first-order valence-corrected chi connectivity index (χ1v) is 9.95. The Morgan fingerprint density at radius 1 is 1.14 bits per heavy atom. The van der Waals surface area contributed by atoms with Crippen LogP contribution >= 0.6 is 0 Å². The second-order valence-corrected chi connectivity index (χ2v) is 7.94. The van der Waals surface area contributed by atoms with E-state index in [1.54, 1.807) is 6.92 Å². The highest BCUT2D eigenvalue weighted by Crippen LogP contribution is 2.32. The zero-order chi connectivity index (χ0) is 19.8. The Morgan fingerprint density at radius 3 is 2.43 bits per heavy atom. The molecule has 5 heteroatoms. The van der Waals surface area contributed by atoms with Gasteiger partial charge in [0.1, 0.15) is 11.6 Å². The number of carbonyl (C=O) groups is 1. The van der Waals surface area contributed by atoms with Crippen LogP contribution in [0.15, 0.2) is 36.4 Å². The van der Waals surface area contributed by atoms with E-state index in [-0.39, 0.29) is 5.91 Å². The molecule has 1 fully saturated rings. The number of imidazole rings is 1. The Morgan fingerprint density at radius 2 is 1.79 bits per heavy atom. The van der Waals surface area contributed by atoms with Crippen LogP contribution in [0.5, 0.6) is 5.75 Å². The van der Waals surface area contributed by atoms with Gasteiger partial charge < -0.3 is 14.6 Å². The van der Waals surface area contributed by atoms with Gasteiger partial charge in [0.15, 0.2) is 0 Å². The van der Waals surface area contributed by atoms with E-state index in [0.717, 1.165) is 66.0 Å². The number of rotatable bonds is 3. The van der Waals surface area contributed by atoms with Gasteiger partial charge in [0, 0.05) is 32.1 Å². The molecule has 0 bridgehead atoms. The van der Waals surface area contributed by atoms with Crippen molar-refractivity contribution < 1.29 is 9.90 Å². The van der Waals surface area contributed by atoms with Gasteiger partial charge in [-0.05, 0) is 68.0 Å². The fraction of sp³-hybridized carbons (Fsp3) is 0.391. The highest BCUT2D eigenvalue weighted by molar-refractivity contribution is 5.81. The van der Waals surface area contributed by atoms with E-state index in [0.29, 0.717) is 11.7 Å². The number of hydrogen-bond acceptors (Lipinski definition) is 3. The van der Waals surface area contributed by atoms with Crippen LogP contribution < -0.4 is 0 Å². The van der Waals surface area contributed by atoms with Gasteiger partial charge >= 0.3 is 0 Å². The number of aryl methyl sites for hydroxylation is 2. The summed E-state index contributed by atoms with van der Waals surface area (Å²) in [6.07, 6.45) is 2.03. The first kappa shape index (κ1) is 18.5. The maximum absolute atomic E-state index is 11.6. The number of hydrogen-bond donors (Lipinski definition) is 1. The average molecular weight is 377 g/mol. The lowest BCUT2D eigenvalue weighted by atomic mass is 9.96. The molecule has 0 saturated carbocycles. The summed E-state index contributed by atoms with van der Waals surface area (Å²) in [7, 11) is 0. The fourth-order valence-corrected chi connectivity index (χ4v) is 4.25. The highest BCUT2D eigenvalue weighted by atomic mass is 16.3. The number of aromatic hydroxyl groups is 1. The number of aromatic nitrogens is 2. The summed E-state index contributed by atoms with van der Waals surface area (Å²) in [4.78, 5) is 18.5. The topological polar surface area (TPSA) is 58.4 Å². The van der Waals surface area contributed by atoms with E-state index in [1.807, 2.05) is 43.0 Å². The number of phenols is 1. The molecule has 3 aromatic rings. The van der Waals surface area contributed by atoms with E-state index in [2.05, 4.69) is 16.7 Å². The van der Waals surface area contributed by atoms with Crippen LogP contribution in [-0.4, -0.2) is 38.6 Å². The third-order valence-electron chi connectivity index (χ3n) is 5.90. The summed E-state index contributed by atoms with van der Waals surface area (Å²) < 4.78 is 2.31. The Kier molecular flexibility index (Phi) is 4.84. The van der Waals surface area contributed by atoms with E-state index in [9.17, 15) is 9.90 Å². The molecule has 5 nitrogen and oxygen atoms in total. The van der Waals surface area contributed by atoms with E-state index in [1.165, 1.54) is 0 Å². The molecule has 28 heavy (non-hydrogen) atoms. The van der Waals surface area contributed by atoms with Gasteiger partial charge in [-0.15, -0.1) is 0 Å². The Balaban J connectivity index is 1.72. The minimum absolute atomic E-state index is 0.169. The standard InChI is InChI=1S/C23H27N3O2/c1-15-12-19(13-16(2)22(15)28)23-24-20-6-4-5-7-21(20)26(23)14-18-8-10-25(11-9-18)17(3)27/h4-7,12-13,18,28H,8-11,14H2,1-3H3. The lowest BCUT2D eigenvalue weighted by molar-refractivity contribution is -0.130. The molecular formula is C23H27N3O2. The molecule has 1 aliphatic heterocycles. The zero-order valence-corrected chi connectivity index (χ0v) is 16.8. The SMILES string of the molecule is CC(=O)N1CCC(Cn2c(-c3cc(C)c(O)c(C)c3)nc3ccccc32)CC1. The second-order valence-electron chi connectivity index (χ2n) is 7.94. The van der Waals surface area contributed by atoms with Crippen molar-refractivity contribution in [3.8, 4) is 17.1 Å².